The first-order valence-electron chi connectivity index (χ1n) is 12.3. The largest absolute Gasteiger partial charge is 0.508 e. The number of aromatic hydroxyl groups is 1. The highest BCUT2D eigenvalue weighted by atomic mass is 35.5. The van der Waals surface area contributed by atoms with E-state index >= 15 is 0 Å². The van der Waals surface area contributed by atoms with Crippen molar-refractivity contribution in [3.05, 3.63) is 99.0 Å². The molecule has 1 saturated heterocycles. The molecule has 1 fully saturated rings. The number of fused-ring (bicyclic) bond motifs is 1. The van der Waals surface area contributed by atoms with Crippen LogP contribution in [0, 0.1) is 0 Å². The van der Waals surface area contributed by atoms with Crippen LogP contribution in [0.4, 0.5) is 0 Å². The second-order valence-corrected chi connectivity index (χ2v) is 10.8. The predicted molar refractivity (Wildman–Crippen MR) is 150 cm³/mol. The third kappa shape index (κ3) is 5.47. The molecular weight excluding hydrogens is 531 g/mol. The Morgan fingerprint density at radius 1 is 1.00 bits per heavy atom. The number of carbonyl (C=O) groups is 1. The molecule has 2 N–H and O–H groups in total. The lowest BCUT2D eigenvalue weighted by molar-refractivity contribution is -0.0266. The number of hydrogen-bond acceptors (Lipinski definition) is 4. The standard InChI is InChI=1S/C29H30Cl2N2O3.ClH/c1-32-27(24-18-21(34)8-9-23(24)28(32)35)22(19-7-10-25(30)26(31)17-19)11-14-33-15-12-29(36,13-16-33)20-5-3-2-4-6-20;/h2-10,17-18,22,27,34,36H,11-16H2,1H3;1H. The molecule has 2 aliphatic rings. The van der Waals surface area contributed by atoms with Gasteiger partial charge in [0.05, 0.1) is 21.7 Å². The number of halogens is 3. The lowest BCUT2D eigenvalue weighted by Gasteiger charge is -2.39. The SMILES string of the molecule is CN1C(=O)c2ccc(O)cc2C1C(CCN1CCC(O)(c2ccccc2)CC1)c1ccc(Cl)c(Cl)c1.Cl. The number of likely N-dealkylation sites (tertiary alicyclic amines) is 1. The van der Waals surface area contributed by atoms with Gasteiger partial charge in [0, 0.05) is 31.6 Å². The second kappa shape index (κ2) is 11.2. The number of benzene rings is 3. The zero-order valence-electron chi connectivity index (χ0n) is 20.6. The summed E-state index contributed by atoms with van der Waals surface area (Å²) in [4.78, 5) is 17.2. The van der Waals surface area contributed by atoms with E-state index in [0.29, 0.717) is 28.5 Å². The third-order valence-corrected chi connectivity index (χ3v) is 8.56. The molecule has 0 aromatic heterocycles. The van der Waals surface area contributed by atoms with Crippen molar-refractivity contribution in [2.24, 2.45) is 0 Å². The summed E-state index contributed by atoms with van der Waals surface area (Å²) in [6.07, 6.45) is 2.12. The molecule has 2 atom stereocenters. The fourth-order valence-corrected chi connectivity index (χ4v) is 6.06. The molecule has 8 heteroatoms. The summed E-state index contributed by atoms with van der Waals surface area (Å²) < 4.78 is 0. The maximum Gasteiger partial charge on any atom is 0.254 e. The molecule has 2 unspecified atom stereocenters. The number of aliphatic hydroxyl groups is 1. The number of amides is 1. The van der Waals surface area contributed by atoms with E-state index in [-0.39, 0.29) is 36.0 Å². The maximum absolute atomic E-state index is 13.0. The van der Waals surface area contributed by atoms with Crippen LogP contribution in [0.5, 0.6) is 5.75 Å². The van der Waals surface area contributed by atoms with Gasteiger partial charge in [0.25, 0.3) is 5.91 Å². The minimum atomic E-state index is -0.796. The topological polar surface area (TPSA) is 64.0 Å². The van der Waals surface area contributed by atoms with Gasteiger partial charge < -0.3 is 20.0 Å². The van der Waals surface area contributed by atoms with Crippen molar-refractivity contribution in [1.29, 1.82) is 0 Å². The van der Waals surface area contributed by atoms with Crippen LogP contribution in [-0.2, 0) is 5.60 Å². The minimum absolute atomic E-state index is 0. The molecule has 2 heterocycles. The van der Waals surface area contributed by atoms with Crippen LogP contribution in [0.15, 0.2) is 66.7 Å². The van der Waals surface area contributed by atoms with Crippen molar-refractivity contribution < 1.29 is 15.0 Å². The van der Waals surface area contributed by atoms with E-state index in [1.165, 1.54) is 0 Å². The number of piperidine rings is 1. The Morgan fingerprint density at radius 3 is 2.38 bits per heavy atom. The van der Waals surface area contributed by atoms with Gasteiger partial charge in [0.1, 0.15) is 5.75 Å². The number of likely N-dealkylation sites (N-methyl/N-ethyl adjacent to an activating group) is 1. The van der Waals surface area contributed by atoms with Gasteiger partial charge in [-0.1, -0.05) is 59.6 Å². The zero-order chi connectivity index (χ0) is 25.4. The lowest BCUT2D eigenvalue weighted by Crippen LogP contribution is -2.43. The van der Waals surface area contributed by atoms with Crippen molar-refractivity contribution in [3.63, 3.8) is 0 Å². The van der Waals surface area contributed by atoms with Crippen LogP contribution in [0.1, 0.15) is 58.3 Å². The summed E-state index contributed by atoms with van der Waals surface area (Å²) in [6, 6.07) is 20.3. The van der Waals surface area contributed by atoms with E-state index in [4.69, 9.17) is 23.2 Å². The highest BCUT2D eigenvalue weighted by molar-refractivity contribution is 6.42. The Balaban J connectivity index is 0.00000320. The molecule has 0 bridgehead atoms. The van der Waals surface area contributed by atoms with Crippen molar-refractivity contribution in [3.8, 4) is 5.75 Å². The average Bonchev–Trinajstić information content (AvgIpc) is 3.12. The molecule has 1 amide bonds. The molecule has 0 saturated carbocycles. The summed E-state index contributed by atoms with van der Waals surface area (Å²) in [5.74, 6) is 0.0450. The fraction of sp³-hybridized carbons (Fsp3) is 0.345. The number of phenolic OH excluding ortho intramolecular Hbond substituents is 1. The van der Waals surface area contributed by atoms with Crippen LogP contribution in [-0.4, -0.2) is 52.6 Å². The van der Waals surface area contributed by atoms with E-state index in [1.807, 2.05) is 49.5 Å². The number of carbonyl (C=O) groups excluding carboxylic acids is 1. The summed E-state index contributed by atoms with van der Waals surface area (Å²) in [7, 11) is 1.81. The molecule has 0 aliphatic carbocycles. The van der Waals surface area contributed by atoms with Crippen LogP contribution in [0.2, 0.25) is 10.0 Å². The number of phenols is 1. The highest BCUT2D eigenvalue weighted by Gasteiger charge is 2.41. The maximum atomic E-state index is 13.0. The summed E-state index contributed by atoms with van der Waals surface area (Å²) in [6.45, 7) is 2.38. The normalized spacial score (nSPS) is 19.8. The van der Waals surface area contributed by atoms with E-state index in [1.54, 1.807) is 29.2 Å². The first kappa shape index (κ1) is 27.7. The van der Waals surface area contributed by atoms with Gasteiger partial charge in [-0.2, -0.15) is 0 Å². The van der Waals surface area contributed by atoms with Gasteiger partial charge in [-0.05, 0) is 72.8 Å². The third-order valence-electron chi connectivity index (χ3n) is 7.83. The van der Waals surface area contributed by atoms with E-state index in [2.05, 4.69) is 4.90 Å². The zero-order valence-corrected chi connectivity index (χ0v) is 22.9. The predicted octanol–water partition coefficient (Wildman–Crippen LogP) is 6.41. The molecule has 37 heavy (non-hydrogen) atoms. The Morgan fingerprint density at radius 2 is 1.70 bits per heavy atom. The highest BCUT2D eigenvalue weighted by Crippen LogP contribution is 2.46. The first-order chi connectivity index (χ1) is 17.3. The Labute approximate surface area is 234 Å². The minimum Gasteiger partial charge on any atom is -0.508 e. The van der Waals surface area contributed by atoms with Crippen molar-refractivity contribution in [2.75, 3.05) is 26.7 Å². The molecule has 3 aromatic rings. The smallest absolute Gasteiger partial charge is 0.254 e. The number of hydrogen-bond donors (Lipinski definition) is 2. The van der Waals surface area contributed by atoms with Crippen LogP contribution < -0.4 is 0 Å². The monoisotopic (exact) mass is 560 g/mol. The molecule has 0 radical (unpaired) electrons. The molecular formula is C29H31Cl3N2O3. The van der Waals surface area contributed by atoms with E-state index < -0.39 is 5.60 Å². The molecule has 2 aliphatic heterocycles. The lowest BCUT2D eigenvalue weighted by atomic mass is 9.82. The summed E-state index contributed by atoms with van der Waals surface area (Å²) in [5, 5.41) is 22.4. The van der Waals surface area contributed by atoms with Gasteiger partial charge in [0.15, 0.2) is 0 Å². The Bertz CT molecular complexity index is 1260. The molecule has 5 nitrogen and oxygen atoms in total. The van der Waals surface area contributed by atoms with E-state index in [9.17, 15) is 15.0 Å². The Kier molecular flexibility index (Phi) is 8.41. The second-order valence-electron chi connectivity index (χ2n) is 9.94. The van der Waals surface area contributed by atoms with Gasteiger partial charge in [-0.25, -0.2) is 0 Å². The van der Waals surface area contributed by atoms with Crippen molar-refractivity contribution in [2.45, 2.75) is 36.8 Å². The Hall–Kier alpha value is -2.28. The molecule has 196 valence electrons. The molecule has 5 rings (SSSR count). The van der Waals surface area contributed by atoms with Gasteiger partial charge in [-0.3, -0.25) is 4.79 Å². The van der Waals surface area contributed by atoms with Crippen molar-refractivity contribution >= 4 is 41.5 Å². The quantitative estimate of drug-likeness (QED) is 0.365. The average molecular weight is 562 g/mol. The molecule has 3 aromatic carbocycles. The van der Waals surface area contributed by atoms with Crippen molar-refractivity contribution in [1.82, 2.24) is 9.80 Å². The van der Waals surface area contributed by atoms with Crippen LogP contribution in [0.3, 0.4) is 0 Å². The number of rotatable bonds is 6. The van der Waals surface area contributed by atoms with E-state index in [0.717, 1.165) is 42.7 Å². The fourth-order valence-electron chi connectivity index (χ4n) is 5.76. The van der Waals surface area contributed by atoms with Gasteiger partial charge in [-0.15, -0.1) is 12.4 Å². The van der Waals surface area contributed by atoms with Crippen LogP contribution in [0.25, 0.3) is 0 Å². The number of nitrogens with zero attached hydrogens (tertiary/aromatic N) is 2. The molecule has 0 spiro atoms. The van der Waals surface area contributed by atoms with Gasteiger partial charge >= 0.3 is 0 Å². The first-order valence-corrected chi connectivity index (χ1v) is 13.1. The van der Waals surface area contributed by atoms with Gasteiger partial charge in [0.2, 0.25) is 0 Å². The summed E-state index contributed by atoms with van der Waals surface area (Å²) >= 11 is 12.6. The van der Waals surface area contributed by atoms with Crippen LogP contribution >= 0.6 is 35.6 Å². The summed E-state index contributed by atoms with van der Waals surface area (Å²) in [5.41, 5.74) is 2.63.